The Morgan fingerprint density at radius 3 is 2.17 bits per heavy atom. The summed E-state index contributed by atoms with van der Waals surface area (Å²) in [5.74, 6) is 0.00476. The van der Waals surface area contributed by atoms with Crippen LogP contribution in [0.5, 0.6) is 0 Å². The van der Waals surface area contributed by atoms with E-state index in [-0.39, 0.29) is 5.91 Å². The van der Waals surface area contributed by atoms with Gasteiger partial charge in [-0.05, 0) is 17.2 Å². The molecule has 0 saturated carbocycles. The van der Waals surface area contributed by atoms with Gasteiger partial charge in [-0.2, -0.15) is 0 Å². The Morgan fingerprint density at radius 2 is 1.52 bits per heavy atom. The van der Waals surface area contributed by atoms with Crippen molar-refractivity contribution in [1.29, 1.82) is 0 Å². The van der Waals surface area contributed by atoms with Crippen LogP contribution in [0.15, 0.2) is 79.0 Å². The maximum atomic E-state index is 11.9. The monoisotopic (exact) mass is 302 g/mol. The standard InChI is InChI=1S/C20H18N2O/c23-20(13-16-7-3-1-4-8-16)22-15-19-12-11-18(14-21-19)17-9-5-2-6-10-17/h1-12,14H,13,15H2,(H,22,23). The summed E-state index contributed by atoms with van der Waals surface area (Å²) in [5.41, 5.74) is 4.08. The molecule has 1 amide bonds. The lowest BCUT2D eigenvalue weighted by Gasteiger charge is -2.06. The van der Waals surface area contributed by atoms with E-state index >= 15 is 0 Å². The van der Waals surface area contributed by atoms with E-state index in [0.717, 1.165) is 22.4 Å². The molecule has 3 nitrogen and oxygen atoms in total. The third-order valence-electron chi connectivity index (χ3n) is 3.61. The number of nitrogens with zero attached hydrogens (tertiary/aromatic N) is 1. The quantitative estimate of drug-likeness (QED) is 0.782. The van der Waals surface area contributed by atoms with Crippen molar-refractivity contribution < 1.29 is 4.79 Å². The molecule has 3 heteroatoms. The lowest BCUT2D eigenvalue weighted by molar-refractivity contribution is -0.120. The molecule has 114 valence electrons. The van der Waals surface area contributed by atoms with E-state index in [1.54, 1.807) is 0 Å². The molecule has 0 aliphatic rings. The number of amides is 1. The molecule has 1 aromatic heterocycles. The van der Waals surface area contributed by atoms with Crippen molar-refractivity contribution in [1.82, 2.24) is 10.3 Å². The summed E-state index contributed by atoms with van der Waals surface area (Å²) < 4.78 is 0. The molecule has 0 radical (unpaired) electrons. The lowest BCUT2D eigenvalue weighted by Crippen LogP contribution is -2.24. The van der Waals surface area contributed by atoms with Crippen LogP contribution in [0, 0.1) is 0 Å². The van der Waals surface area contributed by atoms with Crippen molar-refractivity contribution in [2.75, 3.05) is 0 Å². The van der Waals surface area contributed by atoms with Crippen LogP contribution in [0.2, 0.25) is 0 Å². The summed E-state index contributed by atoms with van der Waals surface area (Å²) in [5, 5.41) is 2.91. The Balaban J connectivity index is 1.55. The lowest BCUT2D eigenvalue weighted by atomic mass is 10.1. The normalized spacial score (nSPS) is 10.3. The fourth-order valence-corrected chi connectivity index (χ4v) is 2.36. The maximum absolute atomic E-state index is 11.9. The van der Waals surface area contributed by atoms with Crippen molar-refractivity contribution >= 4 is 5.91 Å². The van der Waals surface area contributed by atoms with Gasteiger partial charge in [0.25, 0.3) is 0 Å². The zero-order valence-electron chi connectivity index (χ0n) is 12.8. The van der Waals surface area contributed by atoms with Crippen LogP contribution in [-0.2, 0) is 17.8 Å². The molecule has 1 heterocycles. The van der Waals surface area contributed by atoms with Crippen LogP contribution >= 0.6 is 0 Å². The molecular weight excluding hydrogens is 284 g/mol. The van der Waals surface area contributed by atoms with Crippen molar-refractivity contribution in [3.8, 4) is 11.1 Å². The minimum absolute atomic E-state index is 0.00476. The average molecular weight is 302 g/mol. The maximum Gasteiger partial charge on any atom is 0.224 e. The minimum atomic E-state index is 0.00476. The molecular formula is C20H18N2O. The largest absolute Gasteiger partial charge is 0.350 e. The van der Waals surface area contributed by atoms with Crippen LogP contribution in [-0.4, -0.2) is 10.9 Å². The van der Waals surface area contributed by atoms with Crippen molar-refractivity contribution in [3.05, 3.63) is 90.3 Å². The molecule has 0 spiro atoms. The highest BCUT2D eigenvalue weighted by Crippen LogP contribution is 2.17. The summed E-state index contributed by atoms with van der Waals surface area (Å²) in [6, 6.07) is 23.8. The number of nitrogens with one attached hydrogen (secondary N) is 1. The van der Waals surface area contributed by atoms with Crippen LogP contribution in [0.1, 0.15) is 11.3 Å². The molecule has 1 N–H and O–H groups in total. The molecule has 0 atom stereocenters. The van der Waals surface area contributed by atoms with E-state index in [2.05, 4.69) is 22.4 Å². The SMILES string of the molecule is O=C(Cc1ccccc1)NCc1ccc(-c2ccccc2)cn1. The highest BCUT2D eigenvalue weighted by atomic mass is 16.1. The minimum Gasteiger partial charge on any atom is -0.350 e. The highest BCUT2D eigenvalue weighted by Gasteiger charge is 2.04. The van der Waals surface area contributed by atoms with E-state index in [9.17, 15) is 4.79 Å². The van der Waals surface area contributed by atoms with Gasteiger partial charge in [-0.1, -0.05) is 66.7 Å². The van der Waals surface area contributed by atoms with Gasteiger partial charge in [0.15, 0.2) is 0 Å². The number of benzene rings is 2. The first-order chi connectivity index (χ1) is 11.3. The summed E-state index contributed by atoms with van der Waals surface area (Å²) in [7, 11) is 0. The van der Waals surface area contributed by atoms with Gasteiger partial charge in [-0.25, -0.2) is 0 Å². The predicted molar refractivity (Wildman–Crippen MR) is 91.7 cm³/mol. The second-order valence-electron chi connectivity index (χ2n) is 5.34. The molecule has 2 aromatic carbocycles. The fourth-order valence-electron chi connectivity index (χ4n) is 2.36. The van der Waals surface area contributed by atoms with Crippen molar-refractivity contribution in [2.45, 2.75) is 13.0 Å². The van der Waals surface area contributed by atoms with Crippen LogP contribution in [0.4, 0.5) is 0 Å². The van der Waals surface area contributed by atoms with Gasteiger partial charge >= 0.3 is 0 Å². The molecule has 0 saturated heterocycles. The first-order valence-corrected chi connectivity index (χ1v) is 7.62. The Morgan fingerprint density at radius 1 is 0.826 bits per heavy atom. The zero-order chi connectivity index (χ0) is 15.9. The van der Waals surface area contributed by atoms with Crippen LogP contribution in [0.3, 0.4) is 0 Å². The second kappa shape index (κ2) is 7.36. The van der Waals surface area contributed by atoms with E-state index in [1.807, 2.05) is 66.9 Å². The van der Waals surface area contributed by atoms with Gasteiger partial charge in [0, 0.05) is 11.8 Å². The Kier molecular flexibility index (Phi) is 4.79. The van der Waals surface area contributed by atoms with Gasteiger partial charge < -0.3 is 5.32 Å². The number of carbonyl (C=O) groups excluding carboxylic acids is 1. The van der Waals surface area contributed by atoms with Gasteiger partial charge in [-0.3, -0.25) is 9.78 Å². The Bertz CT molecular complexity index is 753. The molecule has 3 rings (SSSR count). The summed E-state index contributed by atoms with van der Waals surface area (Å²) in [4.78, 5) is 16.4. The number of rotatable bonds is 5. The molecule has 0 fully saturated rings. The van der Waals surface area contributed by atoms with Gasteiger partial charge in [-0.15, -0.1) is 0 Å². The van der Waals surface area contributed by atoms with E-state index in [0.29, 0.717) is 13.0 Å². The van der Waals surface area contributed by atoms with E-state index in [1.165, 1.54) is 0 Å². The smallest absolute Gasteiger partial charge is 0.224 e. The van der Waals surface area contributed by atoms with Crippen molar-refractivity contribution in [3.63, 3.8) is 0 Å². The summed E-state index contributed by atoms with van der Waals surface area (Å²) in [6.45, 7) is 0.445. The van der Waals surface area contributed by atoms with Gasteiger partial charge in [0.2, 0.25) is 5.91 Å². The first kappa shape index (κ1) is 15.0. The van der Waals surface area contributed by atoms with Gasteiger partial charge in [0.05, 0.1) is 18.7 Å². The number of hydrogen-bond acceptors (Lipinski definition) is 2. The molecule has 0 unspecified atom stereocenters. The number of hydrogen-bond donors (Lipinski definition) is 1. The highest BCUT2D eigenvalue weighted by molar-refractivity contribution is 5.78. The van der Waals surface area contributed by atoms with Gasteiger partial charge in [0.1, 0.15) is 0 Å². The Hall–Kier alpha value is -2.94. The molecule has 0 aliphatic carbocycles. The third-order valence-corrected chi connectivity index (χ3v) is 3.61. The zero-order valence-corrected chi connectivity index (χ0v) is 12.8. The summed E-state index contributed by atoms with van der Waals surface area (Å²) in [6.07, 6.45) is 2.23. The fraction of sp³-hybridized carbons (Fsp3) is 0.100. The second-order valence-corrected chi connectivity index (χ2v) is 5.34. The molecule has 3 aromatic rings. The molecule has 23 heavy (non-hydrogen) atoms. The molecule has 0 aliphatic heterocycles. The first-order valence-electron chi connectivity index (χ1n) is 7.62. The number of carbonyl (C=O) groups is 1. The summed E-state index contributed by atoms with van der Waals surface area (Å²) >= 11 is 0. The molecule has 0 bridgehead atoms. The van der Waals surface area contributed by atoms with Crippen LogP contribution < -0.4 is 5.32 Å². The topological polar surface area (TPSA) is 42.0 Å². The number of pyridine rings is 1. The van der Waals surface area contributed by atoms with E-state index < -0.39 is 0 Å². The van der Waals surface area contributed by atoms with Crippen molar-refractivity contribution in [2.24, 2.45) is 0 Å². The number of aromatic nitrogens is 1. The average Bonchev–Trinajstić information content (AvgIpc) is 2.62. The van der Waals surface area contributed by atoms with E-state index in [4.69, 9.17) is 0 Å². The van der Waals surface area contributed by atoms with Crippen LogP contribution in [0.25, 0.3) is 11.1 Å². The Labute approximate surface area is 136 Å². The predicted octanol–water partition coefficient (Wildman–Crippen LogP) is 3.61. The third kappa shape index (κ3) is 4.27.